The van der Waals surface area contributed by atoms with Crippen molar-refractivity contribution in [3.05, 3.63) is 46.5 Å². The van der Waals surface area contributed by atoms with Crippen LogP contribution in [0.3, 0.4) is 0 Å². The van der Waals surface area contributed by atoms with Crippen LogP contribution in [0.5, 0.6) is 0 Å². The van der Waals surface area contributed by atoms with E-state index in [0.717, 1.165) is 31.2 Å². The Hall–Kier alpha value is -1.07. The summed E-state index contributed by atoms with van der Waals surface area (Å²) in [5.74, 6) is 0. The predicted molar refractivity (Wildman–Crippen MR) is 112 cm³/mol. The van der Waals surface area contributed by atoms with Gasteiger partial charge in [0, 0.05) is 46.4 Å². The molecule has 0 aromatic heterocycles. The van der Waals surface area contributed by atoms with Crippen molar-refractivity contribution in [3.63, 3.8) is 0 Å². The zero-order chi connectivity index (χ0) is 17.4. The maximum absolute atomic E-state index is 6.64. The Balaban J connectivity index is 1.76. The summed E-state index contributed by atoms with van der Waals surface area (Å²) in [7, 11) is 2.18. The minimum atomic E-state index is 0.851. The van der Waals surface area contributed by atoms with Crippen molar-refractivity contribution in [2.75, 3.05) is 44.4 Å². The Morgan fingerprint density at radius 1 is 1.00 bits per heavy atom. The molecule has 2 aromatic rings. The minimum Gasteiger partial charge on any atom is -0.367 e. The van der Waals surface area contributed by atoms with E-state index in [1.54, 1.807) is 11.8 Å². The molecule has 25 heavy (non-hydrogen) atoms. The van der Waals surface area contributed by atoms with Crippen LogP contribution < -0.4 is 4.90 Å². The Bertz CT molecular complexity index is 827. The quantitative estimate of drug-likeness (QED) is 0.538. The highest BCUT2D eigenvalue weighted by Crippen LogP contribution is 2.44. The van der Waals surface area contributed by atoms with E-state index in [2.05, 4.69) is 65.6 Å². The molecule has 0 unspecified atom stereocenters. The largest absolute Gasteiger partial charge is 0.367 e. The number of piperazine rings is 1. The molecule has 0 N–H and O–H groups in total. The number of hydrogen-bond acceptors (Lipinski definition) is 4. The Morgan fingerprint density at radius 2 is 1.76 bits per heavy atom. The van der Waals surface area contributed by atoms with Gasteiger partial charge in [0.25, 0.3) is 0 Å². The van der Waals surface area contributed by atoms with E-state index in [1.807, 2.05) is 11.8 Å². The number of hydrogen-bond donors (Lipinski definition) is 0. The SMILES string of the molecule is CSc1ccc2c(c1)C=Cc1c(ccc(Cl)c1N1CCN(C)CC1)S2. The molecule has 0 aliphatic carbocycles. The zero-order valence-corrected chi connectivity index (χ0v) is 16.8. The predicted octanol–water partition coefficient (Wildman–Crippen LogP) is 5.45. The highest BCUT2D eigenvalue weighted by Gasteiger charge is 2.22. The maximum atomic E-state index is 6.64. The highest BCUT2D eigenvalue weighted by molar-refractivity contribution is 7.99. The second-order valence-electron chi connectivity index (χ2n) is 6.44. The summed E-state index contributed by atoms with van der Waals surface area (Å²) in [5, 5.41) is 0.851. The van der Waals surface area contributed by atoms with E-state index >= 15 is 0 Å². The van der Waals surface area contributed by atoms with Gasteiger partial charge in [0.15, 0.2) is 0 Å². The van der Waals surface area contributed by atoms with Crippen LogP contribution in [0.2, 0.25) is 5.02 Å². The van der Waals surface area contributed by atoms with Gasteiger partial charge in [0.1, 0.15) is 0 Å². The summed E-state index contributed by atoms with van der Waals surface area (Å²) in [6.07, 6.45) is 6.61. The Morgan fingerprint density at radius 3 is 2.52 bits per heavy atom. The molecule has 0 amide bonds. The van der Waals surface area contributed by atoms with Gasteiger partial charge in [-0.15, -0.1) is 11.8 Å². The van der Waals surface area contributed by atoms with Gasteiger partial charge in [0.05, 0.1) is 10.7 Å². The molecule has 130 valence electrons. The summed E-state index contributed by atoms with van der Waals surface area (Å²) in [5.41, 5.74) is 3.73. The Labute approximate surface area is 163 Å². The van der Waals surface area contributed by atoms with Crippen molar-refractivity contribution in [3.8, 4) is 0 Å². The van der Waals surface area contributed by atoms with E-state index in [4.69, 9.17) is 11.6 Å². The van der Waals surface area contributed by atoms with Gasteiger partial charge < -0.3 is 9.80 Å². The summed E-state index contributed by atoms with van der Waals surface area (Å²) < 4.78 is 0. The van der Waals surface area contributed by atoms with Gasteiger partial charge >= 0.3 is 0 Å². The third-order valence-corrected chi connectivity index (χ3v) is 7.01. The molecule has 4 rings (SSSR count). The number of benzene rings is 2. The lowest BCUT2D eigenvalue weighted by Gasteiger charge is -2.35. The average molecular weight is 389 g/mol. The first-order valence-electron chi connectivity index (χ1n) is 8.45. The van der Waals surface area contributed by atoms with Gasteiger partial charge in [-0.25, -0.2) is 0 Å². The molecule has 5 heteroatoms. The van der Waals surface area contributed by atoms with Crippen LogP contribution in [-0.2, 0) is 0 Å². The van der Waals surface area contributed by atoms with E-state index in [9.17, 15) is 0 Å². The number of fused-ring (bicyclic) bond motifs is 2. The number of anilines is 1. The first-order chi connectivity index (χ1) is 12.2. The first-order valence-corrected chi connectivity index (χ1v) is 10.9. The summed E-state index contributed by atoms with van der Waals surface area (Å²) >= 11 is 10.3. The fourth-order valence-electron chi connectivity index (χ4n) is 3.33. The summed E-state index contributed by atoms with van der Waals surface area (Å²) in [4.78, 5) is 8.70. The smallest absolute Gasteiger partial charge is 0.0646 e. The molecule has 0 bridgehead atoms. The van der Waals surface area contributed by atoms with Gasteiger partial charge in [-0.2, -0.15) is 0 Å². The lowest BCUT2D eigenvalue weighted by atomic mass is 10.1. The lowest BCUT2D eigenvalue weighted by molar-refractivity contribution is 0.313. The van der Waals surface area contributed by atoms with Crippen molar-refractivity contribution in [1.82, 2.24) is 4.90 Å². The molecule has 2 nitrogen and oxygen atoms in total. The van der Waals surface area contributed by atoms with Crippen LogP contribution in [0.1, 0.15) is 11.1 Å². The molecule has 2 heterocycles. The fraction of sp³-hybridized carbons (Fsp3) is 0.300. The summed E-state index contributed by atoms with van der Waals surface area (Å²) in [6, 6.07) is 10.9. The van der Waals surface area contributed by atoms with E-state index in [-0.39, 0.29) is 0 Å². The van der Waals surface area contributed by atoms with Crippen LogP contribution >= 0.6 is 35.1 Å². The van der Waals surface area contributed by atoms with Gasteiger partial charge in [-0.3, -0.25) is 0 Å². The van der Waals surface area contributed by atoms with Crippen LogP contribution in [0.15, 0.2) is 45.0 Å². The number of thioether (sulfide) groups is 1. The molecule has 0 saturated carbocycles. The van der Waals surface area contributed by atoms with Crippen molar-refractivity contribution >= 4 is 53.0 Å². The van der Waals surface area contributed by atoms with E-state index in [0.29, 0.717) is 0 Å². The normalized spacial score (nSPS) is 17.2. The molecule has 2 aliphatic heterocycles. The molecule has 2 aliphatic rings. The number of likely N-dealkylation sites (N-methyl/N-ethyl adjacent to an activating group) is 1. The number of rotatable bonds is 2. The van der Waals surface area contributed by atoms with Crippen LogP contribution in [-0.4, -0.2) is 44.4 Å². The van der Waals surface area contributed by atoms with Crippen LogP contribution in [0.25, 0.3) is 12.2 Å². The standard InChI is InChI=1S/C20H21ClN2S2/c1-22-9-11-23(12-10-22)20-16-5-3-14-13-15(24-2)4-7-18(14)25-19(16)8-6-17(20)21/h3-8,13H,9-12H2,1-2H3. The van der Waals surface area contributed by atoms with E-state index < -0.39 is 0 Å². The molecule has 1 fully saturated rings. The second-order valence-corrected chi connectivity index (χ2v) is 8.81. The number of nitrogens with zero attached hydrogens (tertiary/aromatic N) is 2. The molecule has 0 radical (unpaired) electrons. The molecule has 0 spiro atoms. The molecule has 0 atom stereocenters. The molecular weight excluding hydrogens is 368 g/mol. The fourth-order valence-corrected chi connectivity index (χ4v) is 5.09. The second kappa shape index (κ2) is 7.28. The highest BCUT2D eigenvalue weighted by atomic mass is 35.5. The van der Waals surface area contributed by atoms with Gasteiger partial charge in [0.2, 0.25) is 0 Å². The van der Waals surface area contributed by atoms with Crippen molar-refractivity contribution in [2.45, 2.75) is 14.7 Å². The third kappa shape index (κ3) is 3.45. The first kappa shape index (κ1) is 17.3. The molecule has 2 aromatic carbocycles. The lowest BCUT2D eigenvalue weighted by Crippen LogP contribution is -2.44. The van der Waals surface area contributed by atoms with Crippen molar-refractivity contribution in [1.29, 1.82) is 0 Å². The topological polar surface area (TPSA) is 6.48 Å². The Kier molecular flexibility index (Phi) is 5.05. The van der Waals surface area contributed by atoms with Crippen molar-refractivity contribution in [2.24, 2.45) is 0 Å². The molecular formula is C20H21ClN2S2. The number of halogens is 1. The van der Waals surface area contributed by atoms with E-state index in [1.165, 1.54) is 31.5 Å². The average Bonchev–Trinajstić information content (AvgIpc) is 2.81. The van der Waals surface area contributed by atoms with Gasteiger partial charge in [-0.1, -0.05) is 35.5 Å². The van der Waals surface area contributed by atoms with Crippen LogP contribution in [0.4, 0.5) is 5.69 Å². The third-order valence-electron chi connectivity index (χ3n) is 4.81. The van der Waals surface area contributed by atoms with Crippen molar-refractivity contribution < 1.29 is 0 Å². The molecule has 1 saturated heterocycles. The zero-order valence-electron chi connectivity index (χ0n) is 14.5. The maximum Gasteiger partial charge on any atom is 0.0646 e. The minimum absolute atomic E-state index is 0.851. The van der Waals surface area contributed by atoms with Gasteiger partial charge in [-0.05, 0) is 49.2 Å². The summed E-state index contributed by atoms with van der Waals surface area (Å²) in [6.45, 7) is 4.20. The van der Waals surface area contributed by atoms with Crippen LogP contribution in [0, 0.1) is 0 Å². The monoisotopic (exact) mass is 388 g/mol.